The van der Waals surface area contributed by atoms with Crippen LogP contribution < -0.4 is 10.0 Å². The molecule has 5 heavy (non-hydrogen) atoms. The SMILES string of the molecule is [Fe+2].[O-]B([O-])F. The maximum absolute atomic E-state index is 9.89. The molecule has 0 saturated heterocycles. The molecule has 0 heterocycles. The van der Waals surface area contributed by atoms with Crippen molar-refractivity contribution >= 4 is 7.40 Å². The number of hydrogen-bond acceptors (Lipinski definition) is 2. The van der Waals surface area contributed by atoms with Crippen molar-refractivity contribution in [1.29, 1.82) is 0 Å². The van der Waals surface area contributed by atoms with Gasteiger partial charge in [-0.25, -0.2) is 0 Å². The summed E-state index contributed by atoms with van der Waals surface area (Å²) in [6.07, 6.45) is 0. The molecule has 0 saturated carbocycles. The van der Waals surface area contributed by atoms with Gasteiger partial charge in [-0.3, -0.25) is 0 Å². The minimum atomic E-state index is -3.17. The molecule has 0 fully saturated rings. The minimum absolute atomic E-state index is 0. The number of rotatable bonds is 0. The van der Waals surface area contributed by atoms with Gasteiger partial charge < -0.3 is 14.4 Å². The Hall–Kier alpha value is 0.434. The van der Waals surface area contributed by atoms with E-state index in [9.17, 15) is 4.32 Å². The molecule has 0 unspecified atom stereocenters. The fraction of sp³-hybridized carbons (Fsp3) is 0. The molecule has 0 aliphatic heterocycles. The molecule has 0 bridgehead atoms. The first-order valence-corrected chi connectivity index (χ1v) is 0.690. The topological polar surface area (TPSA) is 46.1 Å². The van der Waals surface area contributed by atoms with Crippen LogP contribution in [0.25, 0.3) is 0 Å². The van der Waals surface area contributed by atoms with Gasteiger partial charge in [0.15, 0.2) is 0 Å². The van der Waals surface area contributed by atoms with Crippen LogP contribution in [0.5, 0.6) is 0 Å². The Kier molecular flexibility index (Phi) is 8.04. The first-order chi connectivity index (χ1) is 1.73. The average Bonchev–Trinajstić information content (AvgIpc) is 0.811. The first kappa shape index (κ1) is 9.06. The van der Waals surface area contributed by atoms with Crippen LogP contribution in [-0.2, 0) is 17.1 Å². The van der Waals surface area contributed by atoms with Gasteiger partial charge >= 0.3 is 17.1 Å². The second-order valence-electron chi connectivity index (χ2n) is 0.274. The molecule has 0 aromatic carbocycles. The van der Waals surface area contributed by atoms with E-state index in [0.29, 0.717) is 0 Å². The summed E-state index contributed by atoms with van der Waals surface area (Å²) in [5.41, 5.74) is 0. The minimum Gasteiger partial charge on any atom is -0.867 e. The molecule has 0 aromatic heterocycles. The van der Waals surface area contributed by atoms with Crippen molar-refractivity contribution in [3.8, 4) is 0 Å². The predicted octanol–water partition coefficient (Wildman–Crippen LogP) is -2.34. The Balaban J connectivity index is 0. The van der Waals surface area contributed by atoms with Crippen LogP contribution in [0.3, 0.4) is 0 Å². The van der Waals surface area contributed by atoms with Gasteiger partial charge in [0.05, 0.1) is 0 Å². The van der Waals surface area contributed by atoms with Gasteiger partial charge in [0.25, 0.3) is 0 Å². The van der Waals surface area contributed by atoms with E-state index in [1.165, 1.54) is 0 Å². The predicted molar refractivity (Wildman–Crippen MR) is 6.86 cm³/mol. The maximum Gasteiger partial charge on any atom is 2.00 e. The Bertz CT molecular complexity index is 14.4. The third kappa shape index (κ3) is 139. The van der Waals surface area contributed by atoms with Gasteiger partial charge in [-0.2, -0.15) is 0 Å². The summed E-state index contributed by atoms with van der Waals surface area (Å²) in [7, 11) is -3.17. The van der Waals surface area contributed by atoms with Gasteiger partial charge in [-0.15, -0.1) is 0 Å². The summed E-state index contributed by atoms with van der Waals surface area (Å²) in [6, 6.07) is 0. The van der Waals surface area contributed by atoms with E-state index in [1.807, 2.05) is 0 Å². The zero-order chi connectivity index (χ0) is 3.58. The summed E-state index contributed by atoms with van der Waals surface area (Å²) in [6.45, 7) is 0. The van der Waals surface area contributed by atoms with Crippen LogP contribution >= 0.6 is 0 Å². The molecule has 0 radical (unpaired) electrons. The molecular weight excluding hydrogens is 118 g/mol. The molecule has 2 nitrogen and oxygen atoms in total. The summed E-state index contributed by atoms with van der Waals surface area (Å²) < 4.78 is 9.89. The largest absolute Gasteiger partial charge is 2.00 e. The van der Waals surface area contributed by atoms with Crippen LogP contribution in [0, 0.1) is 0 Å². The fourth-order valence-corrected chi connectivity index (χ4v) is 0. The smallest absolute Gasteiger partial charge is 0.867 e. The molecule has 0 amide bonds. The first-order valence-electron chi connectivity index (χ1n) is 0.690. The molecule has 0 atom stereocenters. The summed E-state index contributed by atoms with van der Waals surface area (Å²) in [5.74, 6) is 0. The Labute approximate surface area is 39.7 Å². The van der Waals surface area contributed by atoms with Gasteiger partial charge in [0, 0.05) is 0 Å². The zero-order valence-corrected chi connectivity index (χ0v) is 3.23. The number of halogens is 1. The van der Waals surface area contributed by atoms with Crippen molar-refractivity contribution < 1.29 is 31.4 Å². The van der Waals surface area contributed by atoms with E-state index in [-0.39, 0.29) is 17.1 Å². The second kappa shape index (κ2) is 4.43. The van der Waals surface area contributed by atoms with E-state index < -0.39 is 7.40 Å². The maximum atomic E-state index is 9.89. The molecule has 30 valence electrons. The monoisotopic (exact) mass is 118 g/mol. The van der Waals surface area contributed by atoms with Crippen molar-refractivity contribution in [1.82, 2.24) is 0 Å². The molecule has 0 aliphatic rings. The molecule has 0 spiro atoms. The van der Waals surface area contributed by atoms with Crippen molar-refractivity contribution in [2.75, 3.05) is 0 Å². The van der Waals surface area contributed by atoms with Gasteiger partial charge in [0.2, 0.25) is 0 Å². The van der Waals surface area contributed by atoms with Crippen LogP contribution in [0.2, 0.25) is 0 Å². The van der Waals surface area contributed by atoms with Gasteiger partial charge in [-0.1, -0.05) is 0 Å². The van der Waals surface area contributed by atoms with Crippen LogP contribution in [0.1, 0.15) is 0 Å². The van der Waals surface area contributed by atoms with Crippen molar-refractivity contribution in [2.24, 2.45) is 0 Å². The normalized spacial score (nSPS) is 5.40. The van der Waals surface area contributed by atoms with E-state index in [2.05, 4.69) is 0 Å². The summed E-state index contributed by atoms with van der Waals surface area (Å²) in [5, 5.41) is 16.6. The van der Waals surface area contributed by atoms with Crippen LogP contribution in [0.4, 0.5) is 4.32 Å². The summed E-state index contributed by atoms with van der Waals surface area (Å²) in [4.78, 5) is 0. The zero-order valence-electron chi connectivity index (χ0n) is 2.13. The molecular formula is BFFeO2. The summed E-state index contributed by atoms with van der Waals surface area (Å²) >= 11 is 0. The van der Waals surface area contributed by atoms with E-state index >= 15 is 0 Å². The van der Waals surface area contributed by atoms with Crippen LogP contribution in [0.15, 0.2) is 0 Å². The van der Waals surface area contributed by atoms with E-state index in [1.54, 1.807) is 0 Å². The quantitative estimate of drug-likeness (QED) is 0.334. The Morgan fingerprint density at radius 1 is 1.40 bits per heavy atom. The molecule has 0 aromatic rings. The van der Waals surface area contributed by atoms with Crippen molar-refractivity contribution in [3.63, 3.8) is 0 Å². The van der Waals surface area contributed by atoms with E-state index in [0.717, 1.165) is 0 Å². The third-order valence-corrected chi connectivity index (χ3v) is 0. The second-order valence-corrected chi connectivity index (χ2v) is 0.274. The average molecular weight is 118 g/mol. The molecule has 0 N–H and O–H groups in total. The Morgan fingerprint density at radius 2 is 1.40 bits per heavy atom. The Morgan fingerprint density at radius 3 is 1.40 bits per heavy atom. The van der Waals surface area contributed by atoms with Crippen LogP contribution in [-0.4, -0.2) is 7.40 Å². The third-order valence-electron chi connectivity index (χ3n) is 0. The molecule has 0 aliphatic carbocycles. The van der Waals surface area contributed by atoms with E-state index in [4.69, 9.17) is 10.0 Å². The number of hydrogen-bond donors (Lipinski definition) is 0. The van der Waals surface area contributed by atoms with Gasteiger partial charge in [0.1, 0.15) is 7.40 Å². The van der Waals surface area contributed by atoms with Gasteiger partial charge in [-0.05, 0) is 0 Å². The van der Waals surface area contributed by atoms with Crippen molar-refractivity contribution in [3.05, 3.63) is 0 Å². The fourth-order valence-electron chi connectivity index (χ4n) is 0. The van der Waals surface area contributed by atoms with Crippen molar-refractivity contribution in [2.45, 2.75) is 0 Å². The standard InChI is InChI=1S/BFO2.Fe/c2-1(3)4;/q-2;+2. The molecule has 5 heteroatoms. The molecule has 0 rings (SSSR count).